The Balaban J connectivity index is 0.00000144. The van der Waals surface area contributed by atoms with Crippen molar-refractivity contribution in [2.24, 2.45) is 5.73 Å². The normalized spacial score (nSPS) is 9.54. The molecule has 1 aromatic rings. The highest BCUT2D eigenvalue weighted by molar-refractivity contribution is 6.44. The lowest BCUT2D eigenvalue weighted by Crippen LogP contribution is -1.98. The largest absolute Gasteiger partial charge is 0.506 e. The quantitative estimate of drug-likeness (QED) is 0.764. The van der Waals surface area contributed by atoms with Gasteiger partial charge in [-0.1, -0.05) is 34.8 Å². The van der Waals surface area contributed by atoms with Crippen LogP contribution in [-0.2, 0) is 6.54 Å². The first kappa shape index (κ1) is 13.1. The van der Waals surface area contributed by atoms with Gasteiger partial charge in [-0.15, -0.1) is 12.4 Å². The van der Waals surface area contributed by atoms with Gasteiger partial charge in [0.25, 0.3) is 0 Å². The monoisotopic (exact) mass is 261 g/mol. The van der Waals surface area contributed by atoms with E-state index in [2.05, 4.69) is 0 Å². The number of phenols is 1. The molecular weight excluding hydrogens is 256 g/mol. The maximum atomic E-state index is 9.38. The molecule has 0 fully saturated rings. The lowest BCUT2D eigenvalue weighted by atomic mass is 10.2. The third kappa shape index (κ3) is 2.55. The molecule has 0 aliphatic heterocycles. The topological polar surface area (TPSA) is 46.2 Å². The Morgan fingerprint density at radius 3 is 2.23 bits per heavy atom. The fourth-order valence-corrected chi connectivity index (χ4v) is 1.51. The number of halogens is 4. The van der Waals surface area contributed by atoms with E-state index in [0.717, 1.165) is 0 Å². The molecule has 6 heteroatoms. The van der Waals surface area contributed by atoms with Crippen molar-refractivity contribution in [2.45, 2.75) is 6.54 Å². The molecule has 1 rings (SSSR count). The van der Waals surface area contributed by atoms with E-state index >= 15 is 0 Å². The summed E-state index contributed by atoms with van der Waals surface area (Å²) in [6, 6.07) is 1.45. The third-order valence-electron chi connectivity index (χ3n) is 1.45. The molecule has 0 aliphatic carbocycles. The lowest BCUT2D eigenvalue weighted by molar-refractivity contribution is 0.469. The molecule has 1 aromatic carbocycles. The molecule has 0 aromatic heterocycles. The van der Waals surface area contributed by atoms with Gasteiger partial charge in [0.2, 0.25) is 0 Å². The molecule has 0 saturated heterocycles. The second-order valence-electron chi connectivity index (χ2n) is 2.19. The molecular formula is C7H7Cl4NO. The Morgan fingerprint density at radius 2 is 1.77 bits per heavy atom. The summed E-state index contributed by atoms with van der Waals surface area (Å²) in [5.41, 5.74) is 5.73. The van der Waals surface area contributed by atoms with E-state index in [1.54, 1.807) is 0 Å². The molecule has 0 aliphatic rings. The van der Waals surface area contributed by atoms with Crippen molar-refractivity contribution in [1.82, 2.24) is 0 Å². The molecule has 0 bridgehead atoms. The van der Waals surface area contributed by atoms with E-state index < -0.39 is 0 Å². The molecule has 2 nitrogen and oxygen atoms in total. The highest BCUT2D eigenvalue weighted by Gasteiger charge is 2.12. The predicted octanol–water partition coefficient (Wildman–Crippen LogP) is 3.23. The van der Waals surface area contributed by atoms with Crippen molar-refractivity contribution in [3.05, 3.63) is 26.7 Å². The Morgan fingerprint density at radius 1 is 1.23 bits per heavy atom. The van der Waals surface area contributed by atoms with Crippen LogP contribution in [0.25, 0.3) is 0 Å². The Labute approximate surface area is 97.0 Å². The Kier molecular flexibility index (Phi) is 5.18. The molecule has 0 unspecified atom stereocenters. The van der Waals surface area contributed by atoms with Crippen LogP contribution in [0.3, 0.4) is 0 Å². The van der Waals surface area contributed by atoms with Crippen molar-refractivity contribution in [3.63, 3.8) is 0 Å². The number of hydrogen-bond acceptors (Lipinski definition) is 2. The minimum Gasteiger partial charge on any atom is -0.506 e. The zero-order valence-electron chi connectivity index (χ0n) is 6.35. The molecule has 0 saturated carbocycles. The maximum absolute atomic E-state index is 9.38. The summed E-state index contributed by atoms with van der Waals surface area (Å²) in [4.78, 5) is 0. The van der Waals surface area contributed by atoms with Crippen molar-refractivity contribution >= 4 is 47.2 Å². The number of nitrogens with two attached hydrogens (primary N) is 1. The Hall–Kier alpha value is 0.140. The molecule has 0 radical (unpaired) electrons. The van der Waals surface area contributed by atoms with E-state index in [9.17, 15) is 5.11 Å². The summed E-state index contributed by atoms with van der Waals surface area (Å²) in [6.45, 7) is 0.127. The van der Waals surface area contributed by atoms with Crippen LogP contribution in [0.15, 0.2) is 6.07 Å². The summed E-state index contributed by atoms with van der Waals surface area (Å²) in [7, 11) is 0. The predicted molar refractivity (Wildman–Crippen MR) is 58.3 cm³/mol. The van der Waals surface area contributed by atoms with Crippen LogP contribution < -0.4 is 5.73 Å². The molecule has 0 atom stereocenters. The SMILES string of the molecule is Cl.NCc1c(Cl)cc(Cl)c(Cl)c1O. The number of aromatic hydroxyl groups is 1. The van der Waals surface area contributed by atoms with Gasteiger partial charge in [-0.25, -0.2) is 0 Å². The number of rotatable bonds is 1. The van der Waals surface area contributed by atoms with Gasteiger partial charge in [-0.3, -0.25) is 0 Å². The van der Waals surface area contributed by atoms with Crippen LogP contribution in [0, 0.1) is 0 Å². The summed E-state index contributed by atoms with van der Waals surface area (Å²) in [5, 5.41) is 10.0. The zero-order valence-corrected chi connectivity index (χ0v) is 9.44. The number of phenolic OH excluding ortho intramolecular Hbond substituents is 1. The summed E-state index contributed by atoms with van der Waals surface area (Å²) >= 11 is 17.0. The van der Waals surface area contributed by atoms with Gasteiger partial charge in [0.15, 0.2) is 0 Å². The van der Waals surface area contributed by atoms with Crippen LogP contribution >= 0.6 is 47.2 Å². The van der Waals surface area contributed by atoms with E-state index in [-0.39, 0.29) is 34.7 Å². The fourth-order valence-electron chi connectivity index (χ4n) is 0.815. The van der Waals surface area contributed by atoms with E-state index in [4.69, 9.17) is 40.5 Å². The van der Waals surface area contributed by atoms with Crippen molar-refractivity contribution in [1.29, 1.82) is 0 Å². The highest BCUT2D eigenvalue weighted by Crippen LogP contribution is 2.38. The van der Waals surface area contributed by atoms with Crippen LogP contribution in [0.4, 0.5) is 0 Å². The van der Waals surface area contributed by atoms with Gasteiger partial charge in [-0.05, 0) is 6.07 Å². The average Bonchev–Trinajstić information content (AvgIpc) is 2.01. The van der Waals surface area contributed by atoms with E-state index in [1.807, 2.05) is 0 Å². The second-order valence-corrected chi connectivity index (χ2v) is 3.38. The summed E-state index contributed by atoms with van der Waals surface area (Å²) < 4.78 is 0. The van der Waals surface area contributed by atoms with Gasteiger partial charge in [0.1, 0.15) is 10.8 Å². The number of benzene rings is 1. The first-order valence-corrected chi connectivity index (χ1v) is 4.26. The first-order chi connectivity index (χ1) is 5.57. The molecule has 13 heavy (non-hydrogen) atoms. The summed E-state index contributed by atoms with van der Waals surface area (Å²) in [6.07, 6.45) is 0. The molecule has 3 N–H and O–H groups in total. The van der Waals surface area contributed by atoms with Gasteiger partial charge in [0.05, 0.1) is 10.0 Å². The minimum absolute atomic E-state index is 0. The highest BCUT2D eigenvalue weighted by atomic mass is 35.5. The Bertz CT molecular complexity index is 316. The van der Waals surface area contributed by atoms with Gasteiger partial charge >= 0.3 is 0 Å². The van der Waals surface area contributed by atoms with Crippen LogP contribution in [0.5, 0.6) is 5.75 Å². The molecule has 0 spiro atoms. The first-order valence-electron chi connectivity index (χ1n) is 3.13. The van der Waals surface area contributed by atoms with Crippen LogP contribution in [0.2, 0.25) is 15.1 Å². The van der Waals surface area contributed by atoms with Crippen molar-refractivity contribution < 1.29 is 5.11 Å². The van der Waals surface area contributed by atoms with Gasteiger partial charge in [0, 0.05) is 12.1 Å². The maximum Gasteiger partial charge on any atom is 0.141 e. The summed E-state index contributed by atoms with van der Waals surface area (Å²) in [5.74, 6) is -0.142. The lowest BCUT2D eigenvalue weighted by Gasteiger charge is -2.07. The van der Waals surface area contributed by atoms with Crippen molar-refractivity contribution in [2.75, 3.05) is 0 Å². The average molecular weight is 263 g/mol. The fraction of sp³-hybridized carbons (Fsp3) is 0.143. The molecule has 74 valence electrons. The van der Waals surface area contributed by atoms with Crippen molar-refractivity contribution in [3.8, 4) is 5.75 Å². The van der Waals surface area contributed by atoms with Crippen LogP contribution in [-0.4, -0.2) is 5.11 Å². The minimum atomic E-state index is -0.142. The van der Waals surface area contributed by atoms with E-state index in [0.29, 0.717) is 10.6 Å². The van der Waals surface area contributed by atoms with E-state index in [1.165, 1.54) is 6.07 Å². The molecule has 0 heterocycles. The zero-order chi connectivity index (χ0) is 9.30. The van der Waals surface area contributed by atoms with Gasteiger partial charge in [-0.2, -0.15) is 0 Å². The second kappa shape index (κ2) is 5.13. The van der Waals surface area contributed by atoms with Crippen LogP contribution in [0.1, 0.15) is 5.56 Å². The standard InChI is InChI=1S/C7H6Cl3NO.ClH/c8-4-1-5(9)6(10)7(12)3(4)2-11;/h1,12H,2,11H2;1H. The third-order valence-corrected chi connectivity index (χ3v) is 2.56. The molecule has 0 amide bonds. The van der Waals surface area contributed by atoms with Gasteiger partial charge < -0.3 is 10.8 Å². The smallest absolute Gasteiger partial charge is 0.141 e. The number of hydrogen-bond donors (Lipinski definition) is 2.